The second kappa shape index (κ2) is 7.04. The number of rotatable bonds is 4. The molecule has 0 radical (unpaired) electrons. The van der Waals surface area contributed by atoms with Gasteiger partial charge in [-0.1, -0.05) is 30.3 Å². The molecule has 1 aromatic rings. The maximum Gasteiger partial charge on any atom is 0.407 e. The van der Waals surface area contributed by atoms with E-state index in [1.54, 1.807) is 16.7 Å². The normalized spacial score (nSPS) is 14.2. The van der Waals surface area contributed by atoms with Crippen molar-refractivity contribution in [3.63, 3.8) is 0 Å². The highest BCUT2D eigenvalue weighted by atomic mass is 32.2. The lowest BCUT2D eigenvalue weighted by Crippen LogP contribution is -2.38. The van der Waals surface area contributed by atoms with Crippen LogP contribution in [0.1, 0.15) is 5.56 Å². The van der Waals surface area contributed by atoms with Crippen LogP contribution in [0, 0.1) is 0 Å². The maximum absolute atomic E-state index is 11.7. The van der Waals surface area contributed by atoms with E-state index >= 15 is 0 Å². The van der Waals surface area contributed by atoms with Gasteiger partial charge in [-0.25, -0.2) is 4.79 Å². The Labute approximate surface area is 116 Å². The summed E-state index contributed by atoms with van der Waals surface area (Å²) in [5.41, 5.74) is 0.917. The molecule has 1 fully saturated rings. The van der Waals surface area contributed by atoms with E-state index in [-0.39, 0.29) is 19.1 Å². The fraction of sp³-hybridized carbons (Fsp3) is 0.385. The van der Waals surface area contributed by atoms with E-state index in [2.05, 4.69) is 5.32 Å². The van der Waals surface area contributed by atoms with Gasteiger partial charge in [0.15, 0.2) is 0 Å². The highest BCUT2D eigenvalue weighted by molar-refractivity contribution is 7.99. The third-order valence-electron chi connectivity index (χ3n) is 2.70. The van der Waals surface area contributed by atoms with Crippen molar-refractivity contribution in [3.05, 3.63) is 35.9 Å². The van der Waals surface area contributed by atoms with Gasteiger partial charge in [-0.2, -0.15) is 0 Å². The summed E-state index contributed by atoms with van der Waals surface area (Å²) < 4.78 is 5.02. The molecule has 0 saturated carbocycles. The maximum atomic E-state index is 11.7. The van der Waals surface area contributed by atoms with Gasteiger partial charge in [0.2, 0.25) is 5.91 Å². The summed E-state index contributed by atoms with van der Waals surface area (Å²) >= 11 is 1.71. The monoisotopic (exact) mass is 280 g/mol. The molecule has 0 aliphatic carbocycles. The molecule has 0 bridgehead atoms. The van der Waals surface area contributed by atoms with Gasteiger partial charge >= 0.3 is 6.09 Å². The largest absolute Gasteiger partial charge is 0.445 e. The third kappa shape index (κ3) is 4.48. The van der Waals surface area contributed by atoms with Crippen LogP contribution in [0.4, 0.5) is 4.79 Å². The zero-order valence-electron chi connectivity index (χ0n) is 10.5. The van der Waals surface area contributed by atoms with Crippen LogP contribution >= 0.6 is 11.8 Å². The van der Waals surface area contributed by atoms with Crippen LogP contribution in [0.25, 0.3) is 0 Å². The fourth-order valence-corrected chi connectivity index (χ4v) is 2.62. The number of thioether (sulfide) groups is 1. The molecule has 2 amide bonds. The summed E-state index contributed by atoms with van der Waals surface area (Å²) in [6, 6.07) is 9.41. The van der Waals surface area contributed by atoms with Crippen molar-refractivity contribution in [2.24, 2.45) is 0 Å². The molecule has 2 rings (SSSR count). The summed E-state index contributed by atoms with van der Waals surface area (Å²) in [5, 5.41) is 2.47. The van der Waals surface area contributed by atoms with Crippen LogP contribution < -0.4 is 5.32 Å². The molecule has 0 spiro atoms. The molecule has 19 heavy (non-hydrogen) atoms. The molecule has 0 aromatic heterocycles. The molecule has 1 N–H and O–H groups in total. The molecule has 6 heteroatoms. The number of nitrogens with zero attached hydrogens (tertiary/aromatic N) is 1. The minimum atomic E-state index is -0.566. The molecule has 1 aromatic carbocycles. The van der Waals surface area contributed by atoms with Crippen LogP contribution in [0.2, 0.25) is 0 Å². The van der Waals surface area contributed by atoms with E-state index < -0.39 is 6.09 Å². The lowest BCUT2D eigenvalue weighted by molar-refractivity contribution is -0.128. The molecule has 5 nitrogen and oxygen atoms in total. The molecule has 1 saturated heterocycles. The van der Waals surface area contributed by atoms with E-state index in [9.17, 15) is 9.59 Å². The molecule has 0 atom stereocenters. The smallest absolute Gasteiger partial charge is 0.407 e. The molecule has 1 heterocycles. The van der Waals surface area contributed by atoms with Crippen LogP contribution in [-0.2, 0) is 16.1 Å². The number of carbonyl (C=O) groups is 2. The molecule has 1 aliphatic heterocycles. The summed E-state index contributed by atoms with van der Waals surface area (Å²) in [4.78, 5) is 24.8. The average Bonchev–Trinajstić information content (AvgIpc) is 2.98. The Morgan fingerprint density at radius 3 is 2.79 bits per heavy atom. The van der Waals surface area contributed by atoms with Gasteiger partial charge in [-0.15, -0.1) is 11.8 Å². The first-order chi connectivity index (χ1) is 9.25. The van der Waals surface area contributed by atoms with Crippen LogP contribution in [0.5, 0.6) is 0 Å². The van der Waals surface area contributed by atoms with Crippen molar-refractivity contribution in [3.8, 4) is 0 Å². The topological polar surface area (TPSA) is 58.6 Å². The molecular weight excluding hydrogens is 264 g/mol. The number of benzene rings is 1. The number of amides is 2. The van der Waals surface area contributed by atoms with Gasteiger partial charge in [0.25, 0.3) is 0 Å². The summed E-state index contributed by atoms with van der Waals surface area (Å²) in [7, 11) is 0. The first-order valence-corrected chi connectivity index (χ1v) is 7.21. The lowest BCUT2D eigenvalue weighted by atomic mass is 10.2. The molecular formula is C13H16N2O3S. The first kappa shape index (κ1) is 13.7. The number of carbonyl (C=O) groups excluding carboxylic acids is 2. The Morgan fingerprint density at radius 1 is 1.32 bits per heavy atom. The summed E-state index contributed by atoms with van der Waals surface area (Å²) in [6.45, 7) is 0.957. The standard InChI is InChI=1S/C13H16N2O3S/c16-12(15-6-7-19-10-15)8-14-13(17)18-9-11-4-2-1-3-5-11/h1-5H,6-10H2,(H,14,17). The minimum Gasteiger partial charge on any atom is -0.445 e. The van der Waals surface area contributed by atoms with Crippen LogP contribution in [-0.4, -0.2) is 41.6 Å². The average molecular weight is 280 g/mol. The van der Waals surface area contributed by atoms with Crippen molar-refractivity contribution in [2.45, 2.75) is 6.61 Å². The number of ether oxygens (including phenoxy) is 1. The van der Waals surface area contributed by atoms with Gasteiger partial charge in [0, 0.05) is 12.3 Å². The zero-order valence-corrected chi connectivity index (χ0v) is 11.3. The summed E-state index contributed by atoms with van der Waals surface area (Å²) in [5.74, 6) is 1.60. The quantitative estimate of drug-likeness (QED) is 0.907. The Kier molecular flexibility index (Phi) is 5.09. The van der Waals surface area contributed by atoms with Crippen molar-refractivity contribution >= 4 is 23.8 Å². The third-order valence-corrected chi connectivity index (χ3v) is 3.67. The second-order valence-corrected chi connectivity index (χ2v) is 5.18. The lowest BCUT2D eigenvalue weighted by Gasteiger charge is -2.14. The molecule has 102 valence electrons. The van der Waals surface area contributed by atoms with E-state index in [1.807, 2.05) is 30.3 Å². The van der Waals surface area contributed by atoms with Gasteiger partial charge in [0.1, 0.15) is 13.2 Å². The van der Waals surface area contributed by atoms with Gasteiger partial charge in [-0.3, -0.25) is 4.79 Å². The van der Waals surface area contributed by atoms with Crippen LogP contribution in [0.3, 0.4) is 0 Å². The van der Waals surface area contributed by atoms with E-state index in [0.717, 1.165) is 17.9 Å². The van der Waals surface area contributed by atoms with E-state index in [0.29, 0.717) is 5.88 Å². The fourth-order valence-electron chi connectivity index (χ4n) is 1.64. The number of alkyl carbamates (subject to hydrolysis) is 1. The Hall–Kier alpha value is -1.69. The number of nitrogens with one attached hydrogen (secondary N) is 1. The van der Waals surface area contributed by atoms with Gasteiger partial charge in [0.05, 0.1) is 5.88 Å². The van der Waals surface area contributed by atoms with Crippen molar-refractivity contribution in [1.29, 1.82) is 0 Å². The summed E-state index contributed by atoms with van der Waals surface area (Å²) in [6.07, 6.45) is -0.566. The van der Waals surface area contributed by atoms with Crippen molar-refractivity contribution in [1.82, 2.24) is 10.2 Å². The number of hydrogen-bond acceptors (Lipinski definition) is 4. The zero-order chi connectivity index (χ0) is 13.5. The Balaban J connectivity index is 1.65. The Bertz CT molecular complexity index is 433. The molecule has 0 unspecified atom stereocenters. The van der Waals surface area contributed by atoms with Gasteiger partial charge < -0.3 is 15.0 Å². The molecule has 1 aliphatic rings. The van der Waals surface area contributed by atoms with Gasteiger partial charge in [-0.05, 0) is 5.56 Å². The van der Waals surface area contributed by atoms with Crippen molar-refractivity contribution < 1.29 is 14.3 Å². The number of hydrogen-bond donors (Lipinski definition) is 1. The van der Waals surface area contributed by atoms with Crippen molar-refractivity contribution in [2.75, 3.05) is 24.7 Å². The highest BCUT2D eigenvalue weighted by Gasteiger charge is 2.18. The van der Waals surface area contributed by atoms with E-state index in [4.69, 9.17) is 4.74 Å². The van der Waals surface area contributed by atoms with E-state index in [1.165, 1.54) is 0 Å². The highest BCUT2D eigenvalue weighted by Crippen LogP contribution is 2.12. The predicted octanol–water partition coefficient (Wildman–Crippen LogP) is 1.45. The second-order valence-electron chi connectivity index (χ2n) is 4.11. The minimum absolute atomic E-state index is 0.00577. The SMILES string of the molecule is O=C(NCC(=O)N1CCSC1)OCc1ccccc1. The van der Waals surface area contributed by atoms with Crippen LogP contribution in [0.15, 0.2) is 30.3 Å². The Morgan fingerprint density at radius 2 is 2.11 bits per heavy atom. The first-order valence-electron chi connectivity index (χ1n) is 6.06. The predicted molar refractivity (Wildman–Crippen MR) is 73.7 cm³/mol.